The van der Waals surface area contributed by atoms with Gasteiger partial charge in [-0.1, -0.05) is 19.1 Å². The van der Waals surface area contributed by atoms with Crippen molar-refractivity contribution in [2.24, 2.45) is 11.7 Å². The van der Waals surface area contributed by atoms with E-state index in [9.17, 15) is 0 Å². The first kappa shape index (κ1) is 10.6. The Kier molecular flexibility index (Phi) is 2.52. The summed E-state index contributed by atoms with van der Waals surface area (Å²) in [4.78, 5) is 6.64. The van der Waals surface area contributed by atoms with Crippen LogP contribution >= 0.6 is 0 Å². The van der Waals surface area contributed by atoms with Crippen molar-refractivity contribution in [2.75, 3.05) is 18.0 Å². The number of hydrogen-bond donors (Lipinski definition) is 1. The van der Waals surface area contributed by atoms with Crippen LogP contribution in [0.15, 0.2) is 28.7 Å². The lowest BCUT2D eigenvalue weighted by Crippen LogP contribution is -2.47. The van der Waals surface area contributed by atoms with Crippen molar-refractivity contribution >= 4 is 17.1 Å². The van der Waals surface area contributed by atoms with Crippen molar-refractivity contribution in [1.82, 2.24) is 4.98 Å². The first-order chi connectivity index (χ1) is 8.24. The summed E-state index contributed by atoms with van der Waals surface area (Å²) in [6.07, 6.45) is 1.10. The van der Waals surface area contributed by atoms with Crippen molar-refractivity contribution in [3.8, 4) is 0 Å². The minimum absolute atomic E-state index is 0.207. The van der Waals surface area contributed by atoms with E-state index in [0.717, 1.165) is 30.6 Å². The molecule has 0 aliphatic carbocycles. The van der Waals surface area contributed by atoms with Crippen LogP contribution in [0.1, 0.15) is 13.3 Å². The number of nitrogens with zero attached hydrogens (tertiary/aromatic N) is 2. The van der Waals surface area contributed by atoms with Gasteiger partial charge < -0.3 is 15.1 Å². The largest absolute Gasteiger partial charge is 0.423 e. The van der Waals surface area contributed by atoms with Gasteiger partial charge in [0.2, 0.25) is 0 Å². The first-order valence-electron chi connectivity index (χ1n) is 6.10. The normalized spacial score (nSPS) is 25.4. The SMILES string of the molecule is CC1CCN(c2nc3ccccc3o2)CC1N. The zero-order valence-corrected chi connectivity index (χ0v) is 9.97. The number of nitrogens with two attached hydrogens (primary N) is 1. The first-order valence-corrected chi connectivity index (χ1v) is 6.10. The van der Waals surface area contributed by atoms with Crippen LogP contribution in [0.4, 0.5) is 6.01 Å². The van der Waals surface area contributed by atoms with E-state index in [-0.39, 0.29) is 6.04 Å². The van der Waals surface area contributed by atoms with Gasteiger partial charge in [0.15, 0.2) is 5.58 Å². The van der Waals surface area contributed by atoms with Gasteiger partial charge in [-0.25, -0.2) is 0 Å². The average molecular weight is 231 g/mol. The molecule has 1 aromatic heterocycles. The monoisotopic (exact) mass is 231 g/mol. The molecule has 0 spiro atoms. The quantitative estimate of drug-likeness (QED) is 0.815. The molecular weight excluding hydrogens is 214 g/mol. The Balaban J connectivity index is 1.88. The van der Waals surface area contributed by atoms with Gasteiger partial charge in [-0.05, 0) is 24.5 Å². The number of aromatic nitrogens is 1. The van der Waals surface area contributed by atoms with Crippen molar-refractivity contribution in [2.45, 2.75) is 19.4 Å². The van der Waals surface area contributed by atoms with E-state index in [1.807, 2.05) is 24.3 Å². The maximum atomic E-state index is 6.09. The molecule has 1 saturated heterocycles. The fourth-order valence-electron chi connectivity index (χ4n) is 2.27. The molecular formula is C13H17N3O. The number of oxazole rings is 1. The third-order valence-corrected chi connectivity index (χ3v) is 3.57. The van der Waals surface area contributed by atoms with Crippen LogP contribution in [-0.4, -0.2) is 24.1 Å². The summed E-state index contributed by atoms with van der Waals surface area (Å²) in [5, 5.41) is 0. The maximum absolute atomic E-state index is 6.09. The molecule has 0 amide bonds. The fraction of sp³-hybridized carbons (Fsp3) is 0.462. The second-order valence-electron chi connectivity index (χ2n) is 4.84. The summed E-state index contributed by atoms with van der Waals surface area (Å²) in [6, 6.07) is 8.75. The van der Waals surface area contributed by atoms with E-state index in [2.05, 4.69) is 16.8 Å². The standard InChI is InChI=1S/C13H17N3O/c1-9-6-7-16(8-10(9)14)13-15-11-4-2-3-5-12(11)17-13/h2-5,9-10H,6-8,14H2,1H3. The molecule has 0 saturated carbocycles. The number of piperidine rings is 1. The fourth-order valence-corrected chi connectivity index (χ4v) is 2.27. The number of anilines is 1. The molecule has 90 valence electrons. The minimum Gasteiger partial charge on any atom is -0.423 e. The van der Waals surface area contributed by atoms with E-state index in [1.165, 1.54) is 0 Å². The van der Waals surface area contributed by atoms with E-state index in [0.29, 0.717) is 11.9 Å². The summed E-state index contributed by atoms with van der Waals surface area (Å²) in [6.45, 7) is 4.00. The Morgan fingerprint density at radius 1 is 1.41 bits per heavy atom. The molecule has 1 aliphatic heterocycles. The second kappa shape index (κ2) is 4.04. The lowest BCUT2D eigenvalue weighted by Gasteiger charge is -2.33. The highest BCUT2D eigenvalue weighted by Gasteiger charge is 2.25. The number of para-hydroxylation sites is 2. The zero-order valence-electron chi connectivity index (χ0n) is 9.97. The predicted molar refractivity (Wildman–Crippen MR) is 68.0 cm³/mol. The third-order valence-electron chi connectivity index (χ3n) is 3.57. The average Bonchev–Trinajstić information content (AvgIpc) is 2.76. The summed E-state index contributed by atoms with van der Waals surface area (Å²) in [7, 11) is 0. The Morgan fingerprint density at radius 2 is 2.24 bits per heavy atom. The second-order valence-corrected chi connectivity index (χ2v) is 4.84. The van der Waals surface area contributed by atoms with Gasteiger partial charge in [-0.3, -0.25) is 0 Å². The van der Waals surface area contributed by atoms with E-state index in [4.69, 9.17) is 10.2 Å². The van der Waals surface area contributed by atoms with Crippen LogP contribution in [0, 0.1) is 5.92 Å². The lowest BCUT2D eigenvalue weighted by molar-refractivity contribution is 0.365. The molecule has 1 aliphatic rings. The molecule has 1 fully saturated rings. The third kappa shape index (κ3) is 1.89. The minimum atomic E-state index is 0.207. The molecule has 0 radical (unpaired) electrons. The Labute approximate surface area is 100 Å². The van der Waals surface area contributed by atoms with Crippen LogP contribution in [0.3, 0.4) is 0 Å². The summed E-state index contributed by atoms with van der Waals surface area (Å²) >= 11 is 0. The molecule has 4 nitrogen and oxygen atoms in total. The van der Waals surface area contributed by atoms with Crippen LogP contribution in [-0.2, 0) is 0 Å². The zero-order chi connectivity index (χ0) is 11.8. The van der Waals surface area contributed by atoms with Crippen LogP contribution < -0.4 is 10.6 Å². The van der Waals surface area contributed by atoms with Gasteiger partial charge in [0.25, 0.3) is 6.01 Å². The van der Waals surface area contributed by atoms with Crippen LogP contribution in [0.5, 0.6) is 0 Å². The Bertz CT molecular complexity index is 489. The highest BCUT2D eigenvalue weighted by atomic mass is 16.4. The van der Waals surface area contributed by atoms with Crippen molar-refractivity contribution in [1.29, 1.82) is 0 Å². The van der Waals surface area contributed by atoms with Crippen molar-refractivity contribution in [3.05, 3.63) is 24.3 Å². The van der Waals surface area contributed by atoms with Crippen molar-refractivity contribution < 1.29 is 4.42 Å². The molecule has 2 heterocycles. The number of benzene rings is 1. The number of hydrogen-bond acceptors (Lipinski definition) is 4. The van der Waals surface area contributed by atoms with Gasteiger partial charge in [0.1, 0.15) is 5.52 Å². The molecule has 1 aromatic carbocycles. The van der Waals surface area contributed by atoms with E-state index < -0.39 is 0 Å². The summed E-state index contributed by atoms with van der Waals surface area (Å²) in [5.74, 6) is 0.579. The van der Waals surface area contributed by atoms with Gasteiger partial charge in [-0.2, -0.15) is 4.98 Å². The molecule has 2 atom stereocenters. The smallest absolute Gasteiger partial charge is 0.298 e. The maximum Gasteiger partial charge on any atom is 0.298 e. The van der Waals surface area contributed by atoms with Gasteiger partial charge >= 0.3 is 0 Å². The molecule has 2 unspecified atom stereocenters. The van der Waals surface area contributed by atoms with Crippen LogP contribution in [0.2, 0.25) is 0 Å². The molecule has 17 heavy (non-hydrogen) atoms. The molecule has 2 N–H and O–H groups in total. The number of rotatable bonds is 1. The molecule has 3 rings (SSSR count). The lowest BCUT2D eigenvalue weighted by atomic mass is 9.95. The predicted octanol–water partition coefficient (Wildman–Crippen LogP) is 2.00. The number of fused-ring (bicyclic) bond motifs is 1. The topological polar surface area (TPSA) is 55.3 Å². The van der Waals surface area contributed by atoms with E-state index >= 15 is 0 Å². The highest BCUT2D eigenvalue weighted by molar-refractivity contribution is 5.74. The molecule has 0 bridgehead atoms. The summed E-state index contributed by atoms with van der Waals surface area (Å²) in [5.41, 5.74) is 7.84. The Hall–Kier alpha value is -1.55. The van der Waals surface area contributed by atoms with Crippen molar-refractivity contribution in [3.63, 3.8) is 0 Å². The van der Waals surface area contributed by atoms with Gasteiger partial charge in [-0.15, -0.1) is 0 Å². The van der Waals surface area contributed by atoms with Gasteiger partial charge in [0.05, 0.1) is 0 Å². The molecule has 4 heteroatoms. The van der Waals surface area contributed by atoms with E-state index in [1.54, 1.807) is 0 Å². The van der Waals surface area contributed by atoms with Crippen LogP contribution in [0.25, 0.3) is 11.1 Å². The Morgan fingerprint density at radius 3 is 3.00 bits per heavy atom. The van der Waals surface area contributed by atoms with Gasteiger partial charge in [0, 0.05) is 19.1 Å². The highest BCUT2D eigenvalue weighted by Crippen LogP contribution is 2.25. The molecule has 2 aromatic rings. The summed E-state index contributed by atoms with van der Waals surface area (Å²) < 4.78 is 5.75.